The molecule has 0 N–H and O–H groups in total. The van der Waals surface area contributed by atoms with Crippen LogP contribution in [0.4, 0.5) is 0 Å². The van der Waals surface area contributed by atoms with E-state index in [0.29, 0.717) is 24.6 Å². The highest BCUT2D eigenvalue weighted by Crippen LogP contribution is 2.29. The van der Waals surface area contributed by atoms with Crippen LogP contribution in [0.15, 0.2) is 122 Å². The van der Waals surface area contributed by atoms with Gasteiger partial charge in [-0.15, -0.1) is 0 Å². The number of imidazole rings is 2. The molecule has 0 unspecified atom stereocenters. The van der Waals surface area contributed by atoms with Gasteiger partial charge in [0.1, 0.15) is 24.9 Å². The molecule has 8 nitrogen and oxygen atoms in total. The number of fused-ring (bicyclic) bond motifs is 2. The van der Waals surface area contributed by atoms with E-state index in [0.717, 1.165) is 45.1 Å². The zero-order chi connectivity index (χ0) is 28.1. The molecule has 0 aliphatic heterocycles. The van der Waals surface area contributed by atoms with E-state index in [9.17, 15) is 0 Å². The number of rotatable bonds is 10. The first-order chi connectivity index (χ1) is 20.8. The second-order valence-corrected chi connectivity index (χ2v) is 9.87. The van der Waals surface area contributed by atoms with Crippen molar-refractivity contribution in [2.45, 2.75) is 26.3 Å². The lowest BCUT2D eigenvalue weighted by Gasteiger charge is -2.14. The van der Waals surface area contributed by atoms with Crippen LogP contribution in [-0.2, 0) is 26.3 Å². The average molecular weight is 553 g/mol. The molecule has 0 amide bonds. The maximum atomic E-state index is 6.34. The molecule has 4 aromatic heterocycles. The highest BCUT2D eigenvalue weighted by atomic mass is 16.5. The van der Waals surface area contributed by atoms with Crippen molar-refractivity contribution < 1.29 is 9.47 Å². The Morgan fingerprint density at radius 2 is 0.905 bits per heavy atom. The molecule has 206 valence electrons. The standard InChI is InChI=1S/C34H28N6O2/c1-3-15-29-27(13-1)37-33(39(29)21-25-11-7-9-19-35-25)23-41-31-17-5-6-18-32(31)42-24-34-38-28-14-2-4-16-30(28)40(34)22-26-12-8-10-20-36-26/h1-20H,21-24H2. The zero-order valence-corrected chi connectivity index (χ0v) is 22.9. The number of aromatic nitrogens is 6. The predicted molar refractivity (Wildman–Crippen MR) is 161 cm³/mol. The zero-order valence-electron chi connectivity index (χ0n) is 22.9. The van der Waals surface area contributed by atoms with Crippen molar-refractivity contribution in [1.29, 1.82) is 0 Å². The molecular formula is C34H28N6O2. The Morgan fingerprint density at radius 1 is 0.476 bits per heavy atom. The van der Waals surface area contributed by atoms with Gasteiger partial charge in [0.15, 0.2) is 11.5 Å². The third-order valence-electron chi connectivity index (χ3n) is 7.12. The summed E-state index contributed by atoms with van der Waals surface area (Å²) in [6.45, 7) is 1.76. The summed E-state index contributed by atoms with van der Waals surface area (Å²) in [4.78, 5) is 18.8. The van der Waals surface area contributed by atoms with Gasteiger partial charge in [-0.3, -0.25) is 9.97 Å². The van der Waals surface area contributed by atoms with Crippen molar-refractivity contribution in [3.05, 3.63) is 145 Å². The Hall–Kier alpha value is -5.50. The van der Waals surface area contributed by atoms with Crippen molar-refractivity contribution in [2.24, 2.45) is 0 Å². The number of hydrogen-bond donors (Lipinski definition) is 0. The molecule has 0 saturated heterocycles. The van der Waals surface area contributed by atoms with Crippen LogP contribution in [-0.4, -0.2) is 29.1 Å². The SMILES string of the molecule is c1ccc(Cn2c(COc3ccccc3OCc3nc4ccccc4n3Cc3ccccn3)nc3ccccc32)nc1. The summed E-state index contributed by atoms with van der Waals surface area (Å²) in [5, 5.41) is 0. The van der Waals surface area contributed by atoms with Gasteiger partial charge in [-0.25, -0.2) is 9.97 Å². The molecule has 8 heteroatoms. The van der Waals surface area contributed by atoms with Crippen molar-refractivity contribution >= 4 is 22.1 Å². The number of nitrogens with zero attached hydrogens (tertiary/aromatic N) is 6. The molecule has 0 bridgehead atoms. The van der Waals surface area contributed by atoms with Crippen LogP contribution in [0.2, 0.25) is 0 Å². The summed E-state index contributed by atoms with van der Waals surface area (Å²) in [5.74, 6) is 2.91. The topological polar surface area (TPSA) is 79.9 Å². The molecule has 42 heavy (non-hydrogen) atoms. The predicted octanol–water partition coefficient (Wildman–Crippen LogP) is 6.43. The van der Waals surface area contributed by atoms with Crippen molar-refractivity contribution in [1.82, 2.24) is 29.1 Å². The molecule has 0 fully saturated rings. The van der Waals surface area contributed by atoms with Crippen LogP contribution in [0.25, 0.3) is 22.1 Å². The van der Waals surface area contributed by atoms with Gasteiger partial charge in [0.25, 0.3) is 0 Å². The lowest BCUT2D eigenvalue weighted by molar-refractivity contribution is 0.243. The van der Waals surface area contributed by atoms with Crippen LogP contribution >= 0.6 is 0 Å². The van der Waals surface area contributed by atoms with Gasteiger partial charge in [0.2, 0.25) is 0 Å². The second-order valence-electron chi connectivity index (χ2n) is 9.87. The highest BCUT2D eigenvalue weighted by Gasteiger charge is 2.16. The Kier molecular flexibility index (Phi) is 7.00. The summed E-state index contributed by atoms with van der Waals surface area (Å²) >= 11 is 0. The minimum Gasteiger partial charge on any atom is -0.482 e. The first-order valence-electron chi connectivity index (χ1n) is 13.8. The highest BCUT2D eigenvalue weighted by molar-refractivity contribution is 5.76. The number of ether oxygens (including phenoxy) is 2. The first kappa shape index (κ1) is 25.5. The fourth-order valence-electron chi connectivity index (χ4n) is 5.10. The lowest BCUT2D eigenvalue weighted by atomic mass is 10.3. The maximum Gasteiger partial charge on any atom is 0.161 e. The minimum absolute atomic E-state index is 0.278. The van der Waals surface area contributed by atoms with E-state index in [1.807, 2.05) is 109 Å². The molecule has 0 aliphatic carbocycles. The fraction of sp³-hybridized carbons (Fsp3) is 0.118. The largest absolute Gasteiger partial charge is 0.482 e. The Labute approximate surface area is 242 Å². The van der Waals surface area contributed by atoms with Gasteiger partial charge in [0.05, 0.1) is 46.5 Å². The summed E-state index contributed by atoms with van der Waals surface area (Å²) < 4.78 is 17.0. The van der Waals surface area contributed by atoms with Gasteiger partial charge in [-0.2, -0.15) is 0 Å². The second kappa shape index (κ2) is 11.5. The third kappa shape index (κ3) is 5.30. The molecule has 0 saturated carbocycles. The molecular weight excluding hydrogens is 524 g/mol. The monoisotopic (exact) mass is 552 g/mol. The summed E-state index contributed by atoms with van der Waals surface area (Å²) in [6.07, 6.45) is 3.62. The van der Waals surface area contributed by atoms with Crippen LogP contribution < -0.4 is 9.47 Å². The summed E-state index contributed by atoms with van der Waals surface area (Å²) in [5.41, 5.74) is 5.83. The molecule has 4 heterocycles. The molecule has 0 aliphatic rings. The van der Waals surface area contributed by atoms with Gasteiger partial charge >= 0.3 is 0 Å². The Balaban J connectivity index is 1.13. The average Bonchev–Trinajstić information content (AvgIpc) is 3.57. The number of para-hydroxylation sites is 6. The van der Waals surface area contributed by atoms with E-state index >= 15 is 0 Å². The molecule has 3 aromatic carbocycles. The number of pyridine rings is 2. The van der Waals surface area contributed by atoms with E-state index in [2.05, 4.69) is 31.2 Å². The van der Waals surface area contributed by atoms with Crippen LogP contribution in [0.3, 0.4) is 0 Å². The smallest absolute Gasteiger partial charge is 0.161 e. The maximum absolute atomic E-state index is 6.34. The van der Waals surface area contributed by atoms with Crippen molar-refractivity contribution in [2.75, 3.05) is 0 Å². The minimum atomic E-state index is 0.278. The lowest BCUT2D eigenvalue weighted by Crippen LogP contribution is -2.11. The van der Waals surface area contributed by atoms with E-state index in [-0.39, 0.29) is 13.2 Å². The fourth-order valence-corrected chi connectivity index (χ4v) is 5.10. The number of hydrogen-bond acceptors (Lipinski definition) is 6. The van der Waals surface area contributed by atoms with Crippen molar-refractivity contribution in [3.63, 3.8) is 0 Å². The molecule has 0 atom stereocenters. The van der Waals surface area contributed by atoms with Gasteiger partial charge in [0, 0.05) is 12.4 Å². The van der Waals surface area contributed by atoms with E-state index in [4.69, 9.17) is 19.4 Å². The molecule has 7 rings (SSSR count). The van der Waals surface area contributed by atoms with Crippen LogP contribution in [0.1, 0.15) is 23.0 Å². The Morgan fingerprint density at radius 3 is 1.36 bits per heavy atom. The normalized spacial score (nSPS) is 11.2. The molecule has 0 spiro atoms. The first-order valence-corrected chi connectivity index (χ1v) is 13.8. The van der Waals surface area contributed by atoms with Gasteiger partial charge in [-0.1, -0.05) is 48.5 Å². The van der Waals surface area contributed by atoms with Crippen molar-refractivity contribution in [3.8, 4) is 11.5 Å². The quantitative estimate of drug-likeness (QED) is 0.195. The van der Waals surface area contributed by atoms with E-state index < -0.39 is 0 Å². The van der Waals surface area contributed by atoms with Crippen LogP contribution in [0, 0.1) is 0 Å². The van der Waals surface area contributed by atoms with Gasteiger partial charge in [-0.05, 0) is 60.7 Å². The summed E-state index contributed by atoms with van der Waals surface area (Å²) in [6, 6.07) is 35.8. The Bertz CT molecular complexity index is 1810. The number of benzene rings is 3. The van der Waals surface area contributed by atoms with E-state index in [1.165, 1.54) is 0 Å². The van der Waals surface area contributed by atoms with E-state index in [1.54, 1.807) is 0 Å². The molecule has 7 aromatic rings. The van der Waals surface area contributed by atoms with Crippen LogP contribution in [0.5, 0.6) is 11.5 Å². The molecule has 0 radical (unpaired) electrons. The third-order valence-corrected chi connectivity index (χ3v) is 7.12. The van der Waals surface area contributed by atoms with Gasteiger partial charge < -0.3 is 18.6 Å². The summed E-state index contributed by atoms with van der Waals surface area (Å²) in [7, 11) is 0.